The summed E-state index contributed by atoms with van der Waals surface area (Å²) in [6.45, 7) is 8.67. The fraction of sp³-hybridized carbons (Fsp3) is 0.750. The smallest absolute Gasteiger partial charge is 0.130 e. The van der Waals surface area contributed by atoms with Crippen molar-refractivity contribution in [2.75, 3.05) is 6.54 Å². The molecule has 0 aliphatic carbocycles. The summed E-state index contributed by atoms with van der Waals surface area (Å²) < 4.78 is 1.64. The highest BCUT2D eigenvalue weighted by Crippen LogP contribution is 2.20. The lowest BCUT2D eigenvalue weighted by atomic mass is 10.1. The second-order valence-electron chi connectivity index (χ2n) is 5.47. The lowest BCUT2D eigenvalue weighted by molar-refractivity contribution is 0.161. The van der Waals surface area contributed by atoms with E-state index in [1.54, 1.807) is 11.7 Å². The summed E-state index contributed by atoms with van der Waals surface area (Å²) in [7, 11) is 1.80. The van der Waals surface area contributed by atoms with E-state index in [1.807, 2.05) is 6.92 Å². The van der Waals surface area contributed by atoms with E-state index in [0.717, 1.165) is 11.3 Å². The molecular formula is C12H22ClN3O. The second kappa shape index (κ2) is 5.38. The number of rotatable bonds is 4. The van der Waals surface area contributed by atoms with E-state index in [4.69, 9.17) is 11.6 Å². The van der Waals surface area contributed by atoms with E-state index in [-0.39, 0.29) is 5.54 Å². The summed E-state index contributed by atoms with van der Waals surface area (Å²) in [6, 6.07) is 0. The van der Waals surface area contributed by atoms with Crippen LogP contribution in [0, 0.1) is 6.92 Å². The topological polar surface area (TPSA) is 50.1 Å². The Hall–Kier alpha value is -0.580. The van der Waals surface area contributed by atoms with Gasteiger partial charge in [0, 0.05) is 31.1 Å². The maximum atomic E-state index is 9.97. The number of hydrogen-bond donors (Lipinski definition) is 2. The lowest BCUT2D eigenvalue weighted by Gasteiger charge is -2.22. The lowest BCUT2D eigenvalue weighted by Crippen LogP contribution is -2.41. The molecule has 0 amide bonds. The molecule has 0 aliphatic rings. The molecule has 4 nitrogen and oxygen atoms in total. The van der Waals surface area contributed by atoms with Crippen LogP contribution in [0.25, 0.3) is 0 Å². The Balaban J connectivity index is 2.59. The van der Waals surface area contributed by atoms with Crippen LogP contribution in [-0.2, 0) is 13.5 Å². The van der Waals surface area contributed by atoms with Gasteiger partial charge in [0.1, 0.15) is 5.15 Å². The quantitative estimate of drug-likeness (QED) is 0.865. The highest BCUT2D eigenvalue weighted by Gasteiger charge is 2.17. The fourth-order valence-electron chi connectivity index (χ4n) is 1.64. The minimum Gasteiger partial charge on any atom is -0.391 e. The van der Waals surface area contributed by atoms with Crippen LogP contribution in [0.3, 0.4) is 0 Å². The van der Waals surface area contributed by atoms with Crippen LogP contribution >= 0.6 is 11.6 Å². The van der Waals surface area contributed by atoms with Gasteiger partial charge in [-0.05, 0) is 27.7 Å². The predicted octanol–water partition coefficient (Wildman–Crippen LogP) is 1.67. The van der Waals surface area contributed by atoms with Crippen LogP contribution in [0.2, 0.25) is 5.15 Å². The fourth-order valence-corrected chi connectivity index (χ4v) is 1.89. The van der Waals surface area contributed by atoms with Gasteiger partial charge in [0.15, 0.2) is 0 Å². The van der Waals surface area contributed by atoms with Crippen LogP contribution in [0.5, 0.6) is 0 Å². The molecule has 0 fully saturated rings. The molecule has 0 radical (unpaired) electrons. The number of halogens is 1. The largest absolute Gasteiger partial charge is 0.391 e. The molecule has 5 heteroatoms. The minimum absolute atomic E-state index is 0.00869. The number of aliphatic hydroxyl groups is 1. The van der Waals surface area contributed by atoms with Crippen molar-refractivity contribution in [1.29, 1.82) is 0 Å². The summed E-state index contributed by atoms with van der Waals surface area (Å²) in [5.74, 6) is 0. The van der Waals surface area contributed by atoms with Crippen molar-refractivity contribution in [1.82, 2.24) is 15.1 Å². The maximum Gasteiger partial charge on any atom is 0.130 e. The van der Waals surface area contributed by atoms with Crippen LogP contribution in [0.15, 0.2) is 0 Å². The average molecular weight is 260 g/mol. The third-order valence-corrected chi connectivity index (χ3v) is 3.05. The Morgan fingerprint density at radius 1 is 1.47 bits per heavy atom. The number of β-amino-alcohol motifs (C(OH)–C–C–N with tert-alkyl or cyclic N) is 1. The molecule has 0 spiro atoms. The van der Waals surface area contributed by atoms with Gasteiger partial charge >= 0.3 is 0 Å². The molecule has 0 saturated heterocycles. The van der Waals surface area contributed by atoms with Gasteiger partial charge in [-0.15, -0.1) is 0 Å². The molecule has 2 N–H and O–H groups in total. The first kappa shape index (κ1) is 14.5. The van der Waals surface area contributed by atoms with E-state index in [9.17, 15) is 5.11 Å². The van der Waals surface area contributed by atoms with E-state index < -0.39 is 6.10 Å². The first-order chi connectivity index (χ1) is 7.70. The molecular weight excluding hydrogens is 238 g/mol. The van der Waals surface area contributed by atoms with Gasteiger partial charge in [0.05, 0.1) is 11.8 Å². The molecule has 1 aromatic heterocycles. The molecule has 1 unspecified atom stereocenters. The number of aryl methyl sites for hydroxylation is 2. The number of aliphatic hydroxyl groups excluding tert-OH is 1. The standard InChI is InChI=1S/C12H22ClN3O/c1-8-10(11(13)16(5)15-8)6-9(17)7-14-12(2,3)4/h9,14,17H,6-7H2,1-5H3. The zero-order valence-electron chi connectivity index (χ0n) is 11.2. The van der Waals surface area contributed by atoms with E-state index in [0.29, 0.717) is 18.1 Å². The van der Waals surface area contributed by atoms with E-state index >= 15 is 0 Å². The maximum absolute atomic E-state index is 9.97. The molecule has 1 heterocycles. The summed E-state index contributed by atoms with van der Waals surface area (Å²) in [5.41, 5.74) is 1.82. The average Bonchev–Trinajstić information content (AvgIpc) is 2.41. The zero-order valence-corrected chi connectivity index (χ0v) is 12.0. The highest BCUT2D eigenvalue weighted by atomic mass is 35.5. The Kier molecular flexibility index (Phi) is 4.58. The van der Waals surface area contributed by atoms with Crippen molar-refractivity contribution in [3.8, 4) is 0 Å². The van der Waals surface area contributed by atoms with Crippen molar-refractivity contribution in [3.63, 3.8) is 0 Å². The first-order valence-corrected chi connectivity index (χ1v) is 6.19. The van der Waals surface area contributed by atoms with Gasteiger partial charge in [-0.25, -0.2) is 0 Å². The van der Waals surface area contributed by atoms with Crippen LogP contribution in [0.1, 0.15) is 32.0 Å². The summed E-state index contributed by atoms with van der Waals surface area (Å²) in [4.78, 5) is 0. The number of nitrogens with one attached hydrogen (secondary N) is 1. The number of aromatic nitrogens is 2. The van der Waals surface area contributed by atoms with Crippen molar-refractivity contribution in [2.45, 2.75) is 45.8 Å². The molecule has 1 rings (SSSR count). The van der Waals surface area contributed by atoms with Crippen LogP contribution < -0.4 is 5.32 Å². The molecule has 0 saturated carbocycles. The van der Waals surface area contributed by atoms with Crippen LogP contribution in [-0.4, -0.2) is 33.1 Å². The van der Waals surface area contributed by atoms with Gasteiger partial charge in [-0.1, -0.05) is 11.6 Å². The van der Waals surface area contributed by atoms with Gasteiger partial charge < -0.3 is 10.4 Å². The predicted molar refractivity (Wildman–Crippen MR) is 70.4 cm³/mol. The molecule has 0 aliphatic heterocycles. The van der Waals surface area contributed by atoms with Crippen molar-refractivity contribution in [2.24, 2.45) is 7.05 Å². The van der Waals surface area contributed by atoms with E-state index in [1.165, 1.54) is 0 Å². The SMILES string of the molecule is Cc1nn(C)c(Cl)c1CC(O)CNC(C)(C)C. The van der Waals surface area contributed by atoms with Gasteiger partial charge in [0.2, 0.25) is 0 Å². The summed E-state index contributed by atoms with van der Waals surface area (Å²) in [5, 5.41) is 18.1. The normalized spacial score (nSPS) is 14.1. The molecule has 1 atom stereocenters. The van der Waals surface area contributed by atoms with Gasteiger partial charge in [0.25, 0.3) is 0 Å². The van der Waals surface area contributed by atoms with Crippen LogP contribution in [0.4, 0.5) is 0 Å². The Bertz CT molecular complexity index is 382. The van der Waals surface area contributed by atoms with Gasteiger partial charge in [-0.3, -0.25) is 4.68 Å². The van der Waals surface area contributed by atoms with Crippen molar-refractivity contribution < 1.29 is 5.11 Å². The minimum atomic E-state index is -0.449. The molecule has 17 heavy (non-hydrogen) atoms. The summed E-state index contributed by atoms with van der Waals surface area (Å²) in [6.07, 6.45) is 0.0799. The third-order valence-electron chi connectivity index (χ3n) is 2.58. The summed E-state index contributed by atoms with van der Waals surface area (Å²) >= 11 is 6.12. The second-order valence-corrected chi connectivity index (χ2v) is 5.83. The Morgan fingerprint density at radius 3 is 2.47 bits per heavy atom. The third kappa shape index (κ3) is 4.30. The van der Waals surface area contributed by atoms with Crippen molar-refractivity contribution in [3.05, 3.63) is 16.4 Å². The molecule has 98 valence electrons. The Morgan fingerprint density at radius 2 is 2.06 bits per heavy atom. The molecule has 0 aromatic carbocycles. The Labute approximate surface area is 108 Å². The monoisotopic (exact) mass is 259 g/mol. The highest BCUT2D eigenvalue weighted by molar-refractivity contribution is 6.30. The number of nitrogens with zero attached hydrogens (tertiary/aromatic N) is 2. The van der Waals surface area contributed by atoms with Gasteiger partial charge in [-0.2, -0.15) is 5.10 Å². The van der Waals surface area contributed by atoms with Crippen molar-refractivity contribution >= 4 is 11.6 Å². The number of hydrogen-bond acceptors (Lipinski definition) is 3. The zero-order chi connectivity index (χ0) is 13.2. The first-order valence-electron chi connectivity index (χ1n) is 5.82. The molecule has 1 aromatic rings. The molecule has 0 bridgehead atoms. The van der Waals surface area contributed by atoms with E-state index in [2.05, 4.69) is 31.2 Å².